The number of halogens is 1. The number of likely N-dealkylation sites (N-methyl/N-ethyl adjacent to an activating group) is 1. The van der Waals surface area contributed by atoms with Gasteiger partial charge in [0.15, 0.2) is 0 Å². The van der Waals surface area contributed by atoms with Crippen LogP contribution in [0, 0.1) is 5.41 Å². The summed E-state index contributed by atoms with van der Waals surface area (Å²) in [5.74, 6) is 0.0146. The van der Waals surface area contributed by atoms with Crippen molar-refractivity contribution in [3.63, 3.8) is 0 Å². The summed E-state index contributed by atoms with van der Waals surface area (Å²) in [6, 6.07) is 6.28. The van der Waals surface area contributed by atoms with Crippen LogP contribution in [-0.4, -0.2) is 43.0 Å². The molecule has 1 saturated heterocycles. The van der Waals surface area contributed by atoms with Gasteiger partial charge in [0.2, 0.25) is 0 Å². The smallest absolute Gasteiger partial charge is 0.124 e. The predicted molar refractivity (Wildman–Crippen MR) is 81.4 cm³/mol. The van der Waals surface area contributed by atoms with Gasteiger partial charge in [0.1, 0.15) is 5.84 Å². The van der Waals surface area contributed by atoms with E-state index in [1.165, 1.54) is 0 Å². The topological polar surface area (TPSA) is 56.4 Å². The first kappa shape index (κ1) is 14.2. The van der Waals surface area contributed by atoms with E-state index in [4.69, 9.17) is 22.7 Å². The first-order chi connectivity index (χ1) is 9.02. The fourth-order valence-electron chi connectivity index (χ4n) is 2.62. The number of rotatable bonds is 3. The average Bonchev–Trinajstić information content (AvgIpc) is 2.38. The second-order valence-corrected chi connectivity index (χ2v) is 5.41. The second kappa shape index (κ2) is 5.80. The third-order valence-electron chi connectivity index (χ3n) is 3.78. The van der Waals surface area contributed by atoms with Gasteiger partial charge in [-0.15, -0.1) is 0 Å². The molecule has 0 saturated carbocycles. The number of nitrogens with zero attached hydrogens (tertiary/aromatic N) is 2. The Kier molecular flexibility index (Phi) is 4.32. The molecule has 0 radical (unpaired) electrons. The largest absolute Gasteiger partial charge is 0.384 e. The van der Waals surface area contributed by atoms with E-state index in [9.17, 15) is 0 Å². The van der Waals surface area contributed by atoms with Crippen molar-refractivity contribution >= 4 is 23.1 Å². The molecule has 1 aliphatic rings. The van der Waals surface area contributed by atoms with Crippen LogP contribution in [0.15, 0.2) is 18.2 Å². The Bertz CT molecular complexity index is 475. The lowest BCUT2D eigenvalue weighted by Gasteiger charge is -2.40. The van der Waals surface area contributed by atoms with Gasteiger partial charge in [0.25, 0.3) is 0 Å². The van der Waals surface area contributed by atoms with E-state index in [1.54, 1.807) is 0 Å². The lowest BCUT2D eigenvalue weighted by molar-refractivity contribution is 0.199. The number of piperazine rings is 1. The Morgan fingerprint density at radius 3 is 2.74 bits per heavy atom. The van der Waals surface area contributed by atoms with Crippen LogP contribution in [0.5, 0.6) is 0 Å². The number of amidine groups is 1. The standard InChI is InChI=1S/C14H21ClN4/c1-3-18-6-7-19(9-10(18)2)11-4-5-12(14(16)17)13(15)8-11/h4-5,8,10H,3,6-7,9H2,1-2H3,(H3,16,17). The molecule has 104 valence electrons. The highest BCUT2D eigenvalue weighted by Crippen LogP contribution is 2.25. The molecule has 1 aliphatic heterocycles. The van der Waals surface area contributed by atoms with Gasteiger partial charge in [-0.2, -0.15) is 0 Å². The molecule has 1 heterocycles. The lowest BCUT2D eigenvalue weighted by Crippen LogP contribution is -2.51. The van der Waals surface area contributed by atoms with Crippen LogP contribution in [0.3, 0.4) is 0 Å². The van der Waals surface area contributed by atoms with E-state index < -0.39 is 0 Å². The minimum absolute atomic E-state index is 0.0146. The van der Waals surface area contributed by atoms with Gasteiger partial charge in [0, 0.05) is 36.9 Å². The van der Waals surface area contributed by atoms with Crippen LogP contribution in [0.4, 0.5) is 5.69 Å². The van der Waals surface area contributed by atoms with E-state index in [2.05, 4.69) is 23.6 Å². The van der Waals surface area contributed by atoms with E-state index in [0.29, 0.717) is 16.6 Å². The minimum atomic E-state index is 0.0146. The first-order valence-corrected chi connectivity index (χ1v) is 7.03. The number of anilines is 1. The summed E-state index contributed by atoms with van der Waals surface area (Å²) >= 11 is 6.18. The molecule has 0 aromatic heterocycles. The Labute approximate surface area is 119 Å². The molecule has 1 aromatic rings. The Morgan fingerprint density at radius 2 is 2.21 bits per heavy atom. The van der Waals surface area contributed by atoms with Gasteiger partial charge in [-0.25, -0.2) is 0 Å². The van der Waals surface area contributed by atoms with Crippen molar-refractivity contribution in [2.45, 2.75) is 19.9 Å². The SMILES string of the molecule is CCN1CCN(c2ccc(C(=N)N)c(Cl)c2)CC1C. The quantitative estimate of drug-likeness (QED) is 0.659. The zero-order valence-corrected chi connectivity index (χ0v) is 12.2. The Balaban J connectivity index is 2.15. The molecule has 1 aromatic carbocycles. The van der Waals surface area contributed by atoms with Crippen LogP contribution in [0.2, 0.25) is 5.02 Å². The molecule has 1 unspecified atom stereocenters. The number of nitrogens with two attached hydrogens (primary N) is 1. The van der Waals surface area contributed by atoms with Gasteiger partial charge in [-0.1, -0.05) is 18.5 Å². The maximum atomic E-state index is 7.45. The monoisotopic (exact) mass is 280 g/mol. The number of benzene rings is 1. The predicted octanol–water partition coefficient (Wildman–Crippen LogP) is 2.15. The maximum absolute atomic E-state index is 7.45. The summed E-state index contributed by atoms with van der Waals surface area (Å²) in [6.45, 7) is 8.63. The Morgan fingerprint density at radius 1 is 1.47 bits per heavy atom. The summed E-state index contributed by atoms with van der Waals surface area (Å²) in [4.78, 5) is 4.81. The summed E-state index contributed by atoms with van der Waals surface area (Å²) in [6.07, 6.45) is 0. The van der Waals surface area contributed by atoms with Gasteiger partial charge >= 0.3 is 0 Å². The second-order valence-electron chi connectivity index (χ2n) is 5.00. The van der Waals surface area contributed by atoms with Crippen molar-refractivity contribution in [1.82, 2.24) is 4.90 Å². The van der Waals surface area contributed by atoms with Crippen molar-refractivity contribution in [3.05, 3.63) is 28.8 Å². The van der Waals surface area contributed by atoms with Gasteiger partial charge in [-0.05, 0) is 31.7 Å². The van der Waals surface area contributed by atoms with E-state index in [-0.39, 0.29) is 5.84 Å². The first-order valence-electron chi connectivity index (χ1n) is 6.66. The maximum Gasteiger partial charge on any atom is 0.124 e. The third kappa shape index (κ3) is 3.01. The highest BCUT2D eigenvalue weighted by molar-refractivity contribution is 6.34. The van der Waals surface area contributed by atoms with Crippen LogP contribution in [0.1, 0.15) is 19.4 Å². The highest BCUT2D eigenvalue weighted by Gasteiger charge is 2.22. The molecule has 0 bridgehead atoms. The minimum Gasteiger partial charge on any atom is -0.384 e. The van der Waals surface area contributed by atoms with Crippen molar-refractivity contribution in [2.24, 2.45) is 5.73 Å². The summed E-state index contributed by atoms with van der Waals surface area (Å²) < 4.78 is 0. The van der Waals surface area contributed by atoms with Crippen molar-refractivity contribution in [2.75, 3.05) is 31.1 Å². The number of hydrogen-bond donors (Lipinski definition) is 2. The molecule has 4 nitrogen and oxygen atoms in total. The zero-order chi connectivity index (χ0) is 14.0. The van der Waals surface area contributed by atoms with Crippen molar-refractivity contribution < 1.29 is 0 Å². The number of hydrogen-bond acceptors (Lipinski definition) is 3. The van der Waals surface area contributed by atoms with Gasteiger partial charge in [0.05, 0.1) is 5.02 Å². The third-order valence-corrected chi connectivity index (χ3v) is 4.09. The number of nitrogen functional groups attached to an aromatic ring is 1. The van der Waals surface area contributed by atoms with E-state index >= 15 is 0 Å². The molecular formula is C14H21ClN4. The summed E-state index contributed by atoms with van der Waals surface area (Å²) in [5, 5.41) is 8.00. The van der Waals surface area contributed by atoms with E-state index in [0.717, 1.165) is 31.9 Å². The average molecular weight is 281 g/mol. The number of nitrogens with one attached hydrogen (secondary N) is 1. The highest BCUT2D eigenvalue weighted by atomic mass is 35.5. The van der Waals surface area contributed by atoms with Crippen LogP contribution >= 0.6 is 11.6 Å². The molecule has 1 fully saturated rings. The molecule has 1 atom stereocenters. The van der Waals surface area contributed by atoms with Gasteiger partial charge in [-0.3, -0.25) is 10.3 Å². The molecule has 19 heavy (non-hydrogen) atoms. The molecule has 0 amide bonds. The summed E-state index contributed by atoms with van der Waals surface area (Å²) in [7, 11) is 0. The summed E-state index contributed by atoms with van der Waals surface area (Å²) in [5.41, 5.74) is 7.19. The zero-order valence-electron chi connectivity index (χ0n) is 11.5. The van der Waals surface area contributed by atoms with Crippen LogP contribution in [-0.2, 0) is 0 Å². The van der Waals surface area contributed by atoms with Crippen LogP contribution in [0.25, 0.3) is 0 Å². The van der Waals surface area contributed by atoms with Gasteiger partial charge < -0.3 is 10.6 Å². The normalized spacial score (nSPS) is 20.6. The van der Waals surface area contributed by atoms with Crippen molar-refractivity contribution in [1.29, 1.82) is 5.41 Å². The molecular weight excluding hydrogens is 260 g/mol. The molecule has 0 aliphatic carbocycles. The van der Waals surface area contributed by atoms with Crippen LogP contribution < -0.4 is 10.6 Å². The molecule has 0 spiro atoms. The van der Waals surface area contributed by atoms with Crippen molar-refractivity contribution in [3.8, 4) is 0 Å². The fraction of sp³-hybridized carbons (Fsp3) is 0.500. The lowest BCUT2D eigenvalue weighted by atomic mass is 10.1. The molecule has 2 rings (SSSR count). The molecule has 5 heteroatoms. The fourth-order valence-corrected chi connectivity index (χ4v) is 2.90. The van der Waals surface area contributed by atoms with E-state index in [1.807, 2.05) is 18.2 Å². The Hall–Kier alpha value is -1.26. The molecule has 3 N–H and O–H groups in total.